The second-order valence-corrected chi connectivity index (χ2v) is 29.4. The molecule has 0 saturated carbocycles. The zero-order valence-electron chi connectivity index (χ0n) is 63.5. The van der Waals surface area contributed by atoms with Gasteiger partial charge in [-0.25, -0.2) is 9.13 Å². The van der Waals surface area contributed by atoms with Crippen LogP contribution in [-0.4, -0.2) is 95.9 Å². The van der Waals surface area contributed by atoms with Crippen LogP contribution in [-0.2, 0) is 55.8 Å². The van der Waals surface area contributed by atoms with E-state index in [2.05, 4.69) is 142 Å². The summed E-state index contributed by atoms with van der Waals surface area (Å²) >= 11 is 0. The van der Waals surface area contributed by atoms with Gasteiger partial charge in [0.05, 0.1) is 26.4 Å². The Bertz CT molecular complexity index is 2320. The van der Waals surface area contributed by atoms with E-state index in [0.29, 0.717) is 19.3 Å². The zero-order valence-corrected chi connectivity index (χ0v) is 65.3. The Kier molecular flexibility index (Phi) is 72.6. The third kappa shape index (κ3) is 76.9. The SMILES string of the molecule is CC/C=C\C/C=C\C/C=C\C/C=C\C/C=C\CCCCCCCCCCCCCCCCCCCCCC(=O)OCC(O)COP(=O)(O)OCC(O)COP(=O)(O)OCC(COC(=O)CCCCCCC/C=C\C/C=C\C/C=C\CC)OC(=O)CCCCCCC/C=C\C/C=C\CCCCC. The van der Waals surface area contributed by atoms with Gasteiger partial charge in [-0.1, -0.05) is 303 Å². The first-order valence-corrected chi connectivity index (χ1v) is 42.8. The Hall–Kier alpha value is -4.05. The molecule has 0 spiro atoms. The molecule has 0 aromatic carbocycles. The molecule has 582 valence electrons. The van der Waals surface area contributed by atoms with Gasteiger partial charge in [-0.15, -0.1) is 0 Å². The van der Waals surface area contributed by atoms with Gasteiger partial charge in [0.25, 0.3) is 0 Å². The number of phosphoric acid groups is 2. The Labute approximate surface area is 614 Å². The fraction of sp³-hybridized carbons (Fsp3) is 0.723. The highest BCUT2D eigenvalue weighted by atomic mass is 31.2. The molecule has 0 aliphatic carbocycles. The molecule has 0 aliphatic rings. The molecule has 16 nitrogen and oxygen atoms in total. The minimum Gasteiger partial charge on any atom is -0.463 e. The molecule has 0 bridgehead atoms. The third-order valence-corrected chi connectivity index (χ3v) is 18.6. The molecule has 0 saturated heterocycles. The van der Waals surface area contributed by atoms with Crippen LogP contribution in [0.25, 0.3) is 0 Å². The van der Waals surface area contributed by atoms with E-state index in [1.165, 1.54) is 122 Å². The molecule has 0 heterocycles. The number of carbonyl (C=O) groups is 3. The van der Waals surface area contributed by atoms with Crippen LogP contribution in [0.15, 0.2) is 122 Å². The van der Waals surface area contributed by atoms with E-state index in [-0.39, 0.29) is 19.3 Å². The minimum atomic E-state index is -4.93. The summed E-state index contributed by atoms with van der Waals surface area (Å²) in [6.45, 7) is 2.41. The van der Waals surface area contributed by atoms with Gasteiger partial charge in [0.1, 0.15) is 25.4 Å². The molecule has 0 radical (unpaired) electrons. The lowest BCUT2D eigenvalue weighted by atomic mass is 10.0. The topological polar surface area (TPSA) is 231 Å². The molecule has 4 N–H and O–H groups in total. The number of phosphoric ester groups is 2. The molecule has 0 rings (SSSR count). The maximum atomic E-state index is 12.9. The van der Waals surface area contributed by atoms with Crippen LogP contribution in [0.4, 0.5) is 0 Å². The Morgan fingerprint density at radius 1 is 0.287 bits per heavy atom. The second-order valence-electron chi connectivity index (χ2n) is 26.5. The van der Waals surface area contributed by atoms with Crippen molar-refractivity contribution in [3.8, 4) is 0 Å². The number of carbonyl (C=O) groups excluding carboxylic acids is 3. The van der Waals surface area contributed by atoms with E-state index < -0.39 is 91.5 Å². The predicted octanol–water partition coefficient (Wildman–Crippen LogP) is 23.3. The van der Waals surface area contributed by atoms with Crippen molar-refractivity contribution < 1.29 is 75.8 Å². The number of hydrogen-bond donors (Lipinski definition) is 4. The Morgan fingerprint density at radius 2 is 0.525 bits per heavy atom. The average molecular weight is 1460 g/mol. The number of aliphatic hydroxyl groups is 2. The summed E-state index contributed by atoms with van der Waals surface area (Å²) < 4.78 is 61.0. The van der Waals surface area contributed by atoms with Crippen molar-refractivity contribution in [2.75, 3.05) is 39.6 Å². The first kappa shape index (κ1) is 97.0. The van der Waals surface area contributed by atoms with Gasteiger partial charge >= 0.3 is 33.6 Å². The van der Waals surface area contributed by atoms with Crippen molar-refractivity contribution >= 4 is 33.6 Å². The molecule has 101 heavy (non-hydrogen) atoms. The highest BCUT2D eigenvalue weighted by Crippen LogP contribution is 2.45. The van der Waals surface area contributed by atoms with Crippen molar-refractivity contribution in [2.45, 2.75) is 347 Å². The lowest BCUT2D eigenvalue weighted by Crippen LogP contribution is -2.30. The molecule has 18 heteroatoms. The summed E-state index contributed by atoms with van der Waals surface area (Å²) in [5.41, 5.74) is 0. The molecule has 0 amide bonds. The molecular weight excluding hydrogens is 1310 g/mol. The number of esters is 3. The van der Waals surface area contributed by atoms with E-state index in [1.54, 1.807) is 0 Å². The predicted molar refractivity (Wildman–Crippen MR) is 417 cm³/mol. The molecule has 0 aromatic rings. The van der Waals surface area contributed by atoms with Crippen LogP contribution in [0.1, 0.15) is 329 Å². The lowest BCUT2D eigenvalue weighted by molar-refractivity contribution is -0.161. The molecule has 0 aromatic heterocycles. The van der Waals surface area contributed by atoms with Crippen LogP contribution in [0.5, 0.6) is 0 Å². The average Bonchev–Trinajstić information content (AvgIpc) is 1.74. The zero-order chi connectivity index (χ0) is 73.7. The summed E-state index contributed by atoms with van der Waals surface area (Å²) in [6.07, 6.45) is 89.9. The van der Waals surface area contributed by atoms with Crippen molar-refractivity contribution in [1.29, 1.82) is 0 Å². The van der Waals surface area contributed by atoms with E-state index >= 15 is 0 Å². The summed E-state index contributed by atoms with van der Waals surface area (Å²) in [5.74, 6) is -1.60. The maximum Gasteiger partial charge on any atom is 0.472 e. The number of allylic oxidation sites excluding steroid dienone is 20. The fourth-order valence-corrected chi connectivity index (χ4v) is 12.2. The van der Waals surface area contributed by atoms with Crippen LogP contribution in [0, 0.1) is 0 Å². The first-order valence-electron chi connectivity index (χ1n) is 39.8. The Morgan fingerprint density at radius 3 is 0.832 bits per heavy atom. The molecule has 0 fully saturated rings. The summed E-state index contributed by atoms with van der Waals surface area (Å²) in [7, 11) is -9.79. The highest BCUT2D eigenvalue weighted by molar-refractivity contribution is 7.47. The first-order chi connectivity index (χ1) is 49.2. The Balaban J connectivity index is 4.36. The standard InChI is InChI=1S/C83H144O16P2/c1-4-7-10-13-16-19-22-25-28-29-30-31-32-33-34-35-36-37-38-39-40-41-42-43-44-45-46-47-50-52-54-57-60-63-66-69-81(86)93-72-78(84)73-95-100(89,90)96-74-79(85)75-97-101(91,92)98-77-80(99-83(88)71-68-65-62-59-56-53-49-27-24-21-18-15-12-9-6-3)76-94-82(87)70-67-64-61-58-55-51-48-26-23-20-17-14-11-8-5-2/h7-8,10-11,16-21,25-28,30-31,33-34,48-49,78-80,84-85H,4-6,9,12-15,22-24,29,32,35-47,50-77H2,1-3H3,(H,89,90)(H,91,92)/b10-7-,11-8-,19-16-,20-17-,21-18-,28-25-,31-30-,34-33-,48-26-,49-27-. The summed E-state index contributed by atoms with van der Waals surface area (Å²) in [4.78, 5) is 58.5. The molecule has 0 aliphatic heterocycles. The maximum absolute atomic E-state index is 12.9. The van der Waals surface area contributed by atoms with E-state index in [1.807, 2.05) is 0 Å². The number of hydrogen-bond acceptors (Lipinski definition) is 14. The summed E-state index contributed by atoms with van der Waals surface area (Å²) in [5, 5.41) is 20.6. The highest BCUT2D eigenvalue weighted by Gasteiger charge is 2.29. The molecular formula is C83H144O16P2. The normalized spacial score (nSPS) is 14.6. The van der Waals surface area contributed by atoms with E-state index in [0.717, 1.165) is 148 Å². The number of rotatable bonds is 75. The van der Waals surface area contributed by atoms with E-state index in [9.17, 15) is 43.5 Å². The van der Waals surface area contributed by atoms with Crippen molar-refractivity contribution in [2.24, 2.45) is 0 Å². The van der Waals surface area contributed by atoms with Gasteiger partial charge < -0.3 is 34.2 Å². The number of ether oxygens (including phenoxy) is 3. The van der Waals surface area contributed by atoms with Gasteiger partial charge in [0, 0.05) is 19.3 Å². The van der Waals surface area contributed by atoms with Gasteiger partial charge in [-0.2, -0.15) is 0 Å². The van der Waals surface area contributed by atoms with Gasteiger partial charge in [0.15, 0.2) is 6.10 Å². The van der Waals surface area contributed by atoms with Crippen LogP contribution in [0.2, 0.25) is 0 Å². The number of unbranched alkanes of at least 4 members (excludes halogenated alkanes) is 32. The fourth-order valence-electron chi connectivity index (χ4n) is 10.6. The monoisotopic (exact) mass is 1460 g/mol. The largest absolute Gasteiger partial charge is 0.472 e. The van der Waals surface area contributed by atoms with Crippen LogP contribution in [0.3, 0.4) is 0 Å². The van der Waals surface area contributed by atoms with Crippen molar-refractivity contribution in [3.05, 3.63) is 122 Å². The van der Waals surface area contributed by atoms with E-state index in [4.69, 9.17) is 32.3 Å². The van der Waals surface area contributed by atoms with Gasteiger partial charge in [0.2, 0.25) is 0 Å². The third-order valence-electron chi connectivity index (χ3n) is 16.7. The van der Waals surface area contributed by atoms with Crippen LogP contribution >= 0.6 is 15.6 Å². The molecule has 5 unspecified atom stereocenters. The summed E-state index contributed by atoms with van der Waals surface area (Å²) in [6, 6.07) is 0. The quantitative estimate of drug-likeness (QED) is 0.0146. The minimum absolute atomic E-state index is 0.0839. The van der Waals surface area contributed by atoms with Crippen molar-refractivity contribution in [1.82, 2.24) is 0 Å². The van der Waals surface area contributed by atoms with Crippen molar-refractivity contribution in [3.63, 3.8) is 0 Å². The van der Waals surface area contributed by atoms with Crippen LogP contribution < -0.4 is 0 Å². The van der Waals surface area contributed by atoms with Gasteiger partial charge in [-0.3, -0.25) is 32.5 Å². The smallest absolute Gasteiger partial charge is 0.463 e. The number of aliphatic hydroxyl groups excluding tert-OH is 2. The lowest BCUT2D eigenvalue weighted by Gasteiger charge is -2.21. The molecule has 5 atom stereocenters. The van der Waals surface area contributed by atoms with Gasteiger partial charge in [-0.05, 0) is 128 Å². The second kappa shape index (κ2) is 75.6.